The Morgan fingerprint density at radius 2 is 1.64 bits per heavy atom. The van der Waals surface area contributed by atoms with Crippen molar-refractivity contribution in [3.63, 3.8) is 0 Å². The maximum Gasteiger partial charge on any atom is 0.328 e. The third-order valence-electron chi connectivity index (χ3n) is 6.59. The summed E-state index contributed by atoms with van der Waals surface area (Å²) in [7, 11) is 1.39. The van der Waals surface area contributed by atoms with Crippen LogP contribution in [0.4, 0.5) is 0 Å². The van der Waals surface area contributed by atoms with Crippen LogP contribution < -0.4 is 5.32 Å². The van der Waals surface area contributed by atoms with Crippen LogP contribution in [0.3, 0.4) is 0 Å². The van der Waals surface area contributed by atoms with Crippen molar-refractivity contribution in [2.45, 2.75) is 51.0 Å². The minimum absolute atomic E-state index is 0.0814. The van der Waals surface area contributed by atoms with Gasteiger partial charge in [-0.15, -0.1) is 0 Å². The first-order valence-electron chi connectivity index (χ1n) is 9.51. The Kier molecular flexibility index (Phi) is 4.30. The molecule has 4 heteroatoms. The Hall–Kier alpha value is -1.84. The molecule has 4 bridgehead atoms. The quantitative estimate of drug-likeness (QED) is 0.837. The summed E-state index contributed by atoms with van der Waals surface area (Å²) in [5.74, 6) is 1.85. The van der Waals surface area contributed by atoms with Gasteiger partial charge in [-0.25, -0.2) is 4.79 Å². The fraction of sp³-hybridized carbons (Fsp3) is 0.619. The summed E-state index contributed by atoms with van der Waals surface area (Å²) in [4.78, 5) is 25.4. The molecule has 1 atom stereocenters. The highest BCUT2D eigenvalue weighted by atomic mass is 16.5. The lowest BCUT2D eigenvalue weighted by atomic mass is 9.49. The molecular formula is C21H27NO3. The van der Waals surface area contributed by atoms with Crippen molar-refractivity contribution in [1.29, 1.82) is 0 Å². The van der Waals surface area contributed by atoms with Gasteiger partial charge >= 0.3 is 5.97 Å². The summed E-state index contributed by atoms with van der Waals surface area (Å²) in [6, 6.07) is 9.20. The molecule has 0 aromatic heterocycles. The largest absolute Gasteiger partial charge is 0.467 e. The zero-order valence-corrected chi connectivity index (χ0v) is 14.9. The molecule has 0 spiro atoms. The van der Waals surface area contributed by atoms with Crippen LogP contribution >= 0.6 is 0 Å². The van der Waals surface area contributed by atoms with E-state index >= 15 is 0 Å². The molecule has 4 fully saturated rings. The number of benzene rings is 1. The van der Waals surface area contributed by atoms with Crippen LogP contribution in [0.25, 0.3) is 0 Å². The minimum atomic E-state index is -0.604. The number of nitrogens with one attached hydrogen (secondary N) is 1. The van der Waals surface area contributed by atoms with Gasteiger partial charge in [0.1, 0.15) is 6.04 Å². The molecule has 1 aromatic carbocycles. The van der Waals surface area contributed by atoms with E-state index < -0.39 is 6.04 Å². The van der Waals surface area contributed by atoms with Gasteiger partial charge in [0.2, 0.25) is 5.91 Å². The monoisotopic (exact) mass is 341 g/mol. The van der Waals surface area contributed by atoms with E-state index in [1.54, 1.807) is 0 Å². The van der Waals surface area contributed by atoms with Crippen LogP contribution in [0.1, 0.15) is 44.1 Å². The minimum Gasteiger partial charge on any atom is -0.467 e. The first-order valence-corrected chi connectivity index (χ1v) is 9.51. The van der Waals surface area contributed by atoms with E-state index in [9.17, 15) is 9.59 Å². The first-order chi connectivity index (χ1) is 12.1. The number of rotatable bonds is 5. The lowest BCUT2D eigenvalue weighted by Crippen LogP contribution is -2.56. The zero-order chi connectivity index (χ0) is 17.4. The average Bonchev–Trinajstić information content (AvgIpc) is 2.60. The number of hydrogen-bond donors (Lipinski definition) is 1. The predicted molar refractivity (Wildman–Crippen MR) is 94.7 cm³/mol. The van der Waals surface area contributed by atoms with Gasteiger partial charge in [-0.2, -0.15) is 0 Å². The van der Waals surface area contributed by atoms with Gasteiger partial charge in [-0.3, -0.25) is 4.79 Å². The molecule has 0 unspecified atom stereocenters. The maximum atomic E-state index is 13.2. The SMILES string of the molecule is COC(=O)[C@H](Cc1ccccc1)NC(=O)C12CC3CC(CC(C3)C1)C2. The molecular weight excluding hydrogens is 314 g/mol. The summed E-state index contributed by atoms with van der Waals surface area (Å²) in [6.07, 6.45) is 7.40. The summed E-state index contributed by atoms with van der Waals surface area (Å²) < 4.78 is 4.95. The molecule has 134 valence electrons. The first kappa shape index (κ1) is 16.6. The Morgan fingerprint density at radius 3 is 2.16 bits per heavy atom. The van der Waals surface area contributed by atoms with Crippen LogP contribution in [-0.2, 0) is 20.7 Å². The Morgan fingerprint density at radius 1 is 1.08 bits per heavy atom. The van der Waals surface area contributed by atoms with Crippen LogP contribution in [0.2, 0.25) is 0 Å². The second-order valence-corrected chi connectivity index (χ2v) is 8.44. The van der Waals surface area contributed by atoms with E-state index in [0.29, 0.717) is 24.2 Å². The van der Waals surface area contributed by atoms with E-state index in [-0.39, 0.29) is 17.3 Å². The van der Waals surface area contributed by atoms with Crippen molar-refractivity contribution in [1.82, 2.24) is 5.32 Å². The molecule has 0 radical (unpaired) electrons. The van der Waals surface area contributed by atoms with Crippen molar-refractivity contribution in [3.05, 3.63) is 35.9 Å². The standard InChI is InChI=1S/C21H27NO3/c1-25-19(23)18(10-14-5-3-2-4-6-14)22-20(24)21-11-15-7-16(12-21)9-17(8-15)13-21/h2-6,15-18H,7-13H2,1H3,(H,22,24)/t15?,16?,17?,18-,21?/m0/s1. The zero-order valence-electron chi connectivity index (χ0n) is 14.9. The molecule has 0 aliphatic heterocycles. The van der Waals surface area contributed by atoms with Gasteiger partial charge in [0.15, 0.2) is 0 Å². The van der Waals surface area contributed by atoms with Gasteiger partial charge in [0, 0.05) is 11.8 Å². The van der Waals surface area contributed by atoms with Crippen LogP contribution in [0.15, 0.2) is 30.3 Å². The fourth-order valence-corrected chi connectivity index (χ4v) is 5.89. The third-order valence-corrected chi connectivity index (χ3v) is 6.59. The van der Waals surface area contributed by atoms with E-state index in [0.717, 1.165) is 24.8 Å². The number of carbonyl (C=O) groups is 2. The molecule has 4 nitrogen and oxygen atoms in total. The number of methoxy groups -OCH3 is 1. The van der Waals surface area contributed by atoms with Crippen LogP contribution in [-0.4, -0.2) is 25.0 Å². The topological polar surface area (TPSA) is 55.4 Å². The smallest absolute Gasteiger partial charge is 0.328 e. The van der Waals surface area contributed by atoms with E-state index in [2.05, 4.69) is 5.32 Å². The van der Waals surface area contributed by atoms with Crippen LogP contribution in [0.5, 0.6) is 0 Å². The molecule has 0 heterocycles. The van der Waals surface area contributed by atoms with Gasteiger partial charge in [0.05, 0.1) is 7.11 Å². The van der Waals surface area contributed by atoms with Crippen molar-refractivity contribution >= 4 is 11.9 Å². The summed E-state index contributed by atoms with van der Waals surface area (Å²) in [5, 5.41) is 3.06. The molecule has 4 saturated carbocycles. The average molecular weight is 341 g/mol. The van der Waals surface area contributed by atoms with Gasteiger partial charge in [0.25, 0.3) is 0 Å². The van der Waals surface area contributed by atoms with E-state index in [1.165, 1.54) is 26.4 Å². The highest BCUT2D eigenvalue weighted by Gasteiger charge is 2.54. The molecule has 4 aliphatic rings. The van der Waals surface area contributed by atoms with Crippen molar-refractivity contribution < 1.29 is 14.3 Å². The van der Waals surface area contributed by atoms with Crippen molar-refractivity contribution in [3.8, 4) is 0 Å². The van der Waals surface area contributed by atoms with Gasteiger partial charge < -0.3 is 10.1 Å². The number of amides is 1. The summed E-state index contributed by atoms with van der Waals surface area (Å²) in [5.41, 5.74) is 0.793. The molecule has 1 aromatic rings. The predicted octanol–water partition coefficient (Wildman–Crippen LogP) is 3.10. The number of carbonyl (C=O) groups excluding carboxylic acids is 2. The molecule has 5 rings (SSSR count). The molecule has 1 N–H and O–H groups in total. The Balaban J connectivity index is 1.50. The molecule has 25 heavy (non-hydrogen) atoms. The maximum absolute atomic E-state index is 13.2. The number of ether oxygens (including phenoxy) is 1. The third kappa shape index (κ3) is 3.19. The Bertz CT molecular complexity index is 619. The highest BCUT2D eigenvalue weighted by Crippen LogP contribution is 2.60. The van der Waals surface area contributed by atoms with E-state index in [4.69, 9.17) is 4.74 Å². The van der Waals surface area contributed by atoms with Gasteiger partial charge in [-0.05, 0) is 61.8 Å². The van der Waals surface area contributed by atoms with Gasteiger partial charge in [-0.1, -0.05) is 30.3 Å². The van der Waals surface area contributed by atoms with Crippen molar-refractivity contribution in [2.24, 2.45) is 23.2 Å². The fourth-order valence-electron chi connectivity index (χ4n) is 5.89. The molecule has 0 saturated heterocycles. The van der Waals surface area contributed by atoms with E-state index in [1.807, 2.05) is 30.3 Å². The second-order valence-electron chi connectivity index (χ2n) is 8.44. The number of esters is 1. The normalized spacial score (nSPS) is 33.7. The highest BCUT2D eigenvalue weighted by molar-refractivity contribution is 5.88. The van der Waals surface area contributed by atoms with Crippen molar-refractivity contribution in [2.75, 3.05) is 7.11 Å². The molecule has 1 amide bonds. The summed E-state index contributed by atoms with van der Waals surface area (Å²) >= 11 is 0. The van der Waals surface area contributed by atoms with Crippen LogP contribution in [0, 0.1) is 23.2 Å². The Labute approximate surface area is 149 Å². The second kappa shape index (κ2) is 6.47. The lowest BCUT2D eigenvalue weighted by Gasteiger charge is -2.55. The molecule has 4 aliphatic carbocycles. The lowest BCUT2D eigenvalue weighted by molar-refractivity contribution is -0.152. The number of hydrogen-bond acceptors (Lipinski definition) is 3. The summed E-state index contributed by atoms with van der Waals surface area (Å²) in [6.45, 7) is 0.